The molecular formula is C5H11ClN2. The molecule has 0 bridgehead atoms. The molecule has 0 heterocycles. The van der Waals surface area contributed by atoms with Gasteiger partial charge in [0.25, 0.3) is 0 Å². The Morgan fingerprint density at radius 2 is 2.00 bits per heavy atom. The predicted molar refractivity (Wildman–Crippen MR) is 35.7 cm³/mol. The average Bonchev–Trinajstić information content (AvgIpc) is 1.30. The van der Waals surface area contributed by atoms with Crippen LogP contribution >= 0.6 is 12.4 Å². The summed E-state index contributed by atoms with van der Waals surface area (Å²) >= 11 is 0. The Morgan fingerprint density at radius 3 is 2.00 bits per heavy atom. The van der Waals surface area contributed by atoms with Crippen molar-refractivity contribution in [2.45, 2.75) is 25.8 Å². The summed E-state index contributed by atoms with van der Waals surface area (Å²) in [5.74, 6) is 0. The minimum Gasteiger partial charge on any atom is -0.325 e. The Hall–Kier alpha value is -0.260. The van der Waals surface area contributed by atoms with Crippen molar-refractivity contribution >= 4 is 12.4 Å². The van der Waals surface area contributed by atoms with Crippen LogP contribution in [-0.2, 0) is 0 Å². The predicted octanol–water partition coefficient (Wildman–Crippen LogP) is 1.06. The first-order valence-electron chi connectivity index (χ1n) is 2.22. The minimum absolute atomic E-state index is 0. The number of nitrogens with two attached hydrogens (primary N) is 1. The van der Waals surface area contributed by atoms with Gasteiger partial charge in [-0.1, -0.05) is 0 Å². The van der Waals surface area contributed by atoms with Gasteiger partial charge in [-0.25, -0.2) is 0 Å². The van der Waals surface area contributed by atoms with Crippen molar-refractivity contribution in [2.24, 2.45) is 5.73 Å². The van der Waals surface area contributed by atoms with Crippen LogP contribution in [0.25, 0.3) is 0 Å². The molecule has 3 heteroatoms. The van der Waals surface area contributed by atoms with E-state index in [-0.39, 0.29) is 17.9 Å². The molecule has 0 aliphatic carbocycles. The van der Waals surface area contributed by atoms with Gasteiger partial charge in [0.15, 0.2) is 0 Å². The van der Waals surface area contributed by atoms with Crippen LogP contribution in [0.1, 0.15) is 20.3 Å². The van der Waals surface area contributed by atoms with Crippen LogP contribution in [0, 0.1) is 11.3 Å². The van der Waals surface area contributed by atoms with Gasteiger partial charge in [0.1, 0.15) is 0 Å². The Bertz CT molecular complexity index is 87.6. The van der Waals surface area contributed by atoms with E-state index in [9.17, 15) is 0 Å². The van der Waals surface area contributed by atoms with Crippen molar-refractivity contribution in [3.63, 3.8) is 0 Å². The highest BCUT2D eigenvalue weighted by Crippen LogP contribution is 1.99. The monoisotopic (exact) mass is 134 g/mol. The first kappa shape index (κ1) is 10.7. The fourth-order valence-electron chi connectivity index (χ4n) is 0.204. The second kappa shape index (κ2) is 3.71. The maximum atomic E-state index is 8.07. The minimum atomic E-state index is -0.311. The van der Waals surface area contributed by atoms with Gasteiger partial charge >= 0.3 is 0 Å². The molecule has 0 rings (SSSR count). The highest BCUT2D eigenvalue weighted by atomic mass is 35.5. The van der Waals surface area contributed by atoms with E-state index in [1.165, 1.54) is 0 Å². The van der Waals surface area contributed by atoms with Gasteiger partial charge in [-0.3, -0.25) is 0 Å². The largest absolute Gasteiger partial charge is 0.325 e. The maximum absolute atomic E-state index is 8.07. The van der Waals surface area contributed by atoms with E-state index in [1.54, 1.807) is 0 Å². The summed E-state index contributed by atoms with van der Waals surface area (Å²) in [7, 11) is 0. The standard InChI is InChI=1S/C5H10N2.ClH/c1-5(2,7)3-4-6;/h3,7H2,1-2H3;1H. The molecule has 48 valence electrons. The highest BCUT2D eigenvalue weighted by molar-refractivity contribution is 5.85. The second-order valence-electron chi connectivity index (χ2n) is 2.32. The molecule has 0 aliphatic rings. The summed E-state index contributed by atoms with van der Waals surface area (Å²) in [6.45, 7) is 3.66. The van der Waals surface area contributed by atoms with Gasteiger partial charge in [0.2, 0.25) is 0 Å². The molecule has 8 heavy (non-hydrogen) atoms. The molecule has 0 aliphatic heterocycles. The summed E-state index contributed by atoms with van der Waals surface area (Å²) in [4.78, 5) is 0. The van der Waals surface area contributed by atoms with Crippen LogP contribution in [0.4, 0.5) is 0 Å². The Labute approximate surface area is 56.1 Å². The first-order valence-corrected chi connectivity index (χ1v) is 2.22. The van der Waals surface area contributed by atoms with E-state index >= 15 is 0 Å². The van der Waals surface area contributed by atoms with Crippen LogP contribution < -0.4 is 5.73 Å². The number of hydrogen-bond donors (Lipinski definition) is 1. The van der Waals surface area contributed by atoms with Gasteiger partial charge in [-0.2, -0.15) is 5.26 Å². The van der Waals surface area contributed by atoms with E-state index < -0.39 is 0 Å². The summed E-state index contributed by atoms with van der Waals surface area (Å²) in [5, 5.41) is 8.07. The fourth-order valence-corrected chi connectivity index (χ4v) is 0.204. The SMILES string of the molecule is CC(C)(N)CC#N.Cl. The molecule has 0 aromatic rings. The molecule has 2 nitrogen and oxygen atoms in total. The Kier molecular flexibility index (Phi) is 4.94. The van der Waals surface area contributed by atoms with Crippen LogP contribution in [-0.4, -0.2) is 5.54 Å². The molecule has 0 aromatic carbocycles. The molecule has 0 fully saturated rings. The summed E-state index contributed by atoms with van der Waals surface area (Å²) < 4.78 is 0. The fraction of sp³-hybridized carbons (Fsp3) is 0.800. The molecule has 0 saturated heterocycles. The molecule has 2 N–H and O–H groups in total. The van der Waals surface area contributed by atoms with E-state index in [2.05, 4.69) is 0 Å². The topological polar surface area (TPSA) is 49.8 Å². The van der Waals surface area contributed by atoms with Crippen molar-refractivity contribution in [1.29, 1.82) is 5.26 Å². The quantitative estimate of drug-likeness (QED) is 0.583. The van der Waals surface area contributed by atoms with E-state index in [0.717, 1.165) is 0 Å². The lowest BCUT2D eigenvalue weighted by molar-refractivity contribution is 0.533. The van der Waals surface area contributed by atoms with Crippen molar-refractivity contribution in [3.05, 3.63) is 0 Å². The highest BCUT2D eigenvalue weighted by Gasteiger charge is 2.07. The lowest BCUT2D eigenvalue weighted by Gasteiger charge is -2.11. The van der Waals surface area contributed by atoms with Gasteiger partial charge in [-0.15, -0.1) is 12.4 Å². The third kappa shape index (κ3) is 9.22. The van der Waals surface area contributed by atoms with Crippen LogP contribution in [0.2, 0.25) is 0 Å². The number of hydrogen-bond acceptors (Lipinski definition) is 2. The van der Waals surface area contributed by atoms with Gasteiger partial charge in [0, 0.05) is 5.54 Å². The summed E-state index contributed by atoms with van der Waals surface area (Å²) in [5.41, 5.74) is 5.11. The second-order valence-corrected chi connectivity index (χ2v) is 2.32. The molecule has 0 atom stereocenters. The van der Waals surface area contributed by atoms with E-state index in [1.807, 2.05) is 19.9 Å². The molecule has 0 radical (unpaired) electrons. The zero-order valence-corrected chi connectivity index (χ0v) is 5.96. The Balaban J connectivity index is 0. The number of nitrogens with zero attached hydrogens (tertiary/aromatic N) is 1. The number of halogens is 1. The van der Waals surface area contributed by atoms with E-state index in [0.29, 0.717) is 6.42 Å². The van der Waals surface area contributed by atoms with Crippen LogP contribution in [0.5, 0.6) is 0 Å². The van der Waals surface area contributed by atoms with Crippen molar-refractivity contribution in [1.82, 2.24) is 0 Å². The lowest BCUT2D eigenvalue weighted by atomic mass is 10.0. The van der Waals surface area contributed by atoms with Gasteiger partial charge in [-0.05, 0) is 13.8 Å². The smallest absolute Gasteiger partial charge is 0.0640 e. The molecule has 0 amide bonds. The number of nitriles is 1. The lowest BCUT2D eigenvalue weighted by Crippen LogP contribution is -2.30. The van der Waals surface area contributed by atoms with Crippen molar-refractivity contribution in [3.8, 4) is 6.07 Å². The van der Waals surface area contributed by atoms with Crippen LogP contribution in [0.15, 0.2) is 0 Å². The molecule has 0 saturated carbocycles. The average molecular weight is 135 g/mol. The Morgan fingerprint density at radius 1 is 1.62 bits per heavy atom. The number of rotatable bonds is 1. The maximum Gasteiger partial charge on any atom is 0.0640 e. The zero-order valence-electron chi connectivity index (χ0n) is 5.14. The van der Waals surface area contributed by atoms with Crippen molar-refractivity contribution in [2.75, 3.05) is 0 Å². The summed E-state index contributed by atoms with van der Waals surface area (Å²) in [6.07, 6.45) is 0.424. The normalized spacial score (nSPS) is 9.25. The molecule has 0 aromatic heterocycles. The zero-order chi connectivity index (χ0) is 5.91. The molecule has 0 spiro atoms. The van der Waals surface area contributed by atoms with Crippen molar-refractivity contribution < 1.29 is 0 Å². The van der Waals surface area contributed by atoms with Gasteiger partial charge < -0.3 is 5.73 Å². The molecule has 0 unspecified atom stereocenters. The third-order valence-electron chi connectivity index (χ3n) is 0.535. The van der Waals surface area contributed by atoms with E-state index in [4.69, 9.17) is 11.0 Å². The first-order chi connectivity index (χ1) is 3.06. The van der Waals surface area contributed by atoms with Gasteiger partial charge in [0.05, 0.1) is 12.5 Å². The summed E-state index contributed by atoms with van der Waals surface area (Å²) in [6, 6.07) is 1.98. The third-order valence-corrected chi connectivity index (χ3v) is 0.535. The van der Waals surface area contributed by atoms with Crippen LogP contribution in [0.3, 0.4) is 0 Å². The molecular weight excluding hydrogens is 124 g/mol.